The van der Waals surface area contributed by atoms with Gasteiger partial charge in [0.25, 0.3) is 5.56 Å². The van der Waals surface area contributed by atoms with Crippen LogP contribution in [0.5, 0.6) is 5.75 Å². The first kappa shape index (κ1) is 21.8. The minimum absolute atomic E-state index is 0.0576. The molecule has 1 heterocycles. The van der Waals surface area contributed by atoms with Crippen LogP contribution in [-0.2, 0) is 9.59 Å². The standard InChI is InChI=1S/C23H24N4O4/c1-14-5-7-17(8-6-14)20-13-21(24-16(3)28)23(30)27(26-20)15(2)22(29)25-18-9-11-19(31-4)12-10-18/h5-13,15H,1-4H3,(H,24,28)(H,25,29)/t15-/m0/s1. The second kappa shape index (κ2) is 9.25. The smallest absolute Gasteiger partial charge is 0.291 e. The molecule has 2 N–H and O–H groups in total. The number of aryl methyl sites for hydroxylation is 1. The van der Waals surface area contributed by atoms with Crippen LogP contribution in [0, 0.1) is 6.92 Å². The summed E-state index contributed by atoms with van der Waals surface area (Å²) in [4.78, 5) is 37.3. The van der Waals surface area contributed by atoms with Crippen LogP contribution < -0.4 is 20.9 Å². The van der Waals surface area contributed by atoms with Crippen molar-refractivity contribution < 1.29 is 14.3 Å². The summed E-state index contributed by atoms with van der Waals surface area (Å²) in [5.41, 5.74) is 2.35. The van der Waals surface area contributed by atoms with Crippen LogP contribution in [0.1, 0.15) is 25.5 Å². The maximum Gasteiger partial charge on any atom is 0.291 e. The first-order valence-electron chi connectivity index (χ1n) is 9.72. The van der Waals surface area contributed by atoms with Gasteiger partial charge in [0.15, 0.2) is 0 Å². The predicted octanol–water partition coefficient (Wildman–Crippen LogP) is 3.39. The topological polar surface area (TPSA) is 102 Å². The number of hydrogen-bond donors (Lipinski definition) is 2. The molecule has 2 amide bonds. The number of nitrogens with zero attached hydrogens (tertiary/aromatic N) is 2. The number of amides is 2. The Morgan fingerprint density at radius 2 is 1.68 bits per heavy atom. The van der Waals surface area contributed by atoms with Crippen LogP contribution in [0.2, 0.25) is 0 Å². The molecular formula is C23H24N4O4. The van der Waals surface area contributed by atoms with Gasteiger partial charge in [0, 0.05) is 18.2 Å². The van der Waals surface area contributed by atoms with Crippen LogP contribution in [0.3, 0.4) is 0 Å². The second-order valence-corrected chi connectivity index (χ2v) is 7.13. The summed E-state index contributed by atoms with van der Waals surface area (Å²) >= 11 is 0. The minimum Gasteiger partial charge on any atom is -0.497 e. The van der Waals surface area contributed by atoms with Crippen molar-refractivity contribution in [3.8, 4) is 17.0 Å². The Morgan fingerprint density at radius 3 is 2.26 bits per heavy atom. The number of rotatable bonds is 6. The lowest BCUT2D eigenvalue weighted by Crippen LogP contribution is -2.35. The van der Waals surface area contributed by atoms with Gasteiger partial charge in [-0.1, -0.05) is 29.8 Å². The summed E-state index contributed by atoms with van der Waals surface area (Å²) in [6.07, 6.45) is 0. The number of hydrogen-bond acceptors (Lipinski definition) is 5. The van der Waals surface area contributed by atoms with Gasteiger partial charge in [0.1, 0.15) is 17.5 Å². The number of nitrogens with one attached hydrogen (secondary N) is 2. The highest BCUT2D eigenvalue weighted by Gasteiger charge is 2.21. The number of carbonyl (C=O) groups is 2. The zero-order valence-electron chi connectivity index (χ0n) is 17.8. The molecule has 1 aromatic heterocycles. The molecular weight excluding hydrogens is 396 g/mol. The normalized spacial score (nSPS) is 11.5. The van der Waals surface area contributed by atoms with Crippen molar-refractivity contribution >= 4 is 23.2 Å². The van der Waals surface area contributed by atoms with Crippen molar-refractivity contribution in [1.29, 1.82) is 0 Å². The van der Waals surface area contributed by atoms with Crippen molar-refractivity contribution in [2.24, 2.45) is 0 Å². The van der Waals surface area contributed by atoms with Crippen LogP contribution in [0.15, 0.2) is 59.4 Å². The lowest BCUT2D eigenvalue weighted by Gasteiger charge is -2.17. The van der Waals surface area contributed by atoms with Crippen LogP contribution >= 0.6 is 0 Å². The Labute approximate surface area is 179 Å². The third-order valence-electron chi connectivity index (χ3n) is 4.70. The highest BCUT2D eigenvalue weighted by atomic mass is 16.5. The van der Waals surface area contributed by atoms with Gasteiger partial charge in [0.2, 0.25) is 11.8 Å². The molecule has 2 aromatic carbocycles. The molecule has 8 heteroatoms. The zero-order chi connectivity index (χ0) is 22.5. The molecule has 0 aliphatic rings. The van der Waals surface area contributed by atoms with E-state index in [4.69, 9.17) is 4.74 Å². The van der Waals surface area contributed by atoms with Gasteiger partial charge in [-0.3, -0.25) is 14.4 Å². The summed E-state index contributed by atoms with van der Waals surface area (Å²) in [7, 11) is 1.56. The van der Waals surface area contributed by atoms with Gasteiger partial charge in [-0.05, 0) is 44.2 Å². The van der Waals surface area contributed by atoms with Gasteiger partial charge >= 0.3 is 0 Å². The van der Waals surface area contributed by atoms with E-state index in [1.165, 1.54) is 13.0 Å². The van der Waals surface area contributed by atoms with E-state index in [9.17, 15) is 14.4 Å². The van der Waals surface area contributed by atoms with Crippen molar-refractivity contribution in [2.75, 3.05) is 17.7 Å². The molecule has 0 saturated carbocycles. The van der Waals surface area contributed by atoms with Crippen LogP contribution in [0.25, 0.3) is 11.3 Å². The average Bonchev–Trinajstić information content (AvgIpc) is 2.75. The highest BCUT2D eigenvalue weighted by molar-refractivity contribution is 5.93. The Hall–Kier alpha value is -3.94. The fourth-order valence-corrected chi connectivity index (χ4v) is 2.95. The summed E-state index contributed by atoms with van der Waals surface area (Å²) < 4.78 is 6.19. The molecule has 0 radical (unpaired) electrons. The molecule has 1 atom stereocenters. The molecule has 0 saturated heterocycles. The minimum atomic E-state index is -0.924. The maximum atomic E-state index is 12.9. The van der Waals surface area contributed by atoms with E-state index in [-0.39, 0.29) is 11.6 Å². The number of benzene rings is 2. The Balaban J connectivity index is 1.97. The third-order valence-corrected chi connectivity index (χ3v) is 4.70. The number of methoxy groups -OCH3 is 1. The number of anilines is 2. The van der Waals surface area contributed by atoms with Gasteiger partial charge < -0.3 is 15.4 Å². The lowest BCUT2D eigenvalue weighted by molar-refractivity contribution is -0.119. The molecule has 0 aliphatic heterocycles. The van der Waals surface area contributed by atoms with Gasteiger partial charge in [-0.15, -0.1) is 0 Å². The summed E-state index contributed by atoms with van der Waals surface area (Å²) in [6.45, 7) is 4.85. The van der Waals surface area contributed by atoms with Crippen molar-refractivity contribution in [3.05, 3.63) is 70.5 Å². The first-order chi connectivity index (χ1) is 14.8. The molecule has 0 fully saturated rings. The van der Waals surface area contributed by atoms with E-state index < -0.39 is 17.5 Å². The molecule has 3 rings (SSSR count). The third kappa shape index (κ3) is 5.16. The van der Waals surface area contributed by atoms with E-state index in [1.807, 2.05) is 31.2 Å². The summed E-state index contributed by atoms with van der Waals surface area (Å²) in [5.74, 6) is -0.149. The molecule has 0 bridgehead atoms. The zero-order valence-corrected chi connectivity index (χ0v) is 17.8. The Kier molecular flexibility index (Phi) is 6.49. The number of carbonyl (C=O) groups excluding carboxylic acids is 2. The van der Waals surface area contributed by atoms with E-state index >= 15 is 0 Å². The van der Waals surface area contributed by atoms with Gasteiger partial charge in [-0.25, -0.2) is 4.68 Å². The van der Waals surface area contributed by atoms with E-state index in [1.54, 1.807) is 38.3 Å². The molecule has 0 aliphatic carbocycles. The van der Waals surface area contributed by atoms with E-state index in [2.05, 4.69) is 15.7 Å². The fraction of sp³-hybridized carbons (Fsp3) is 0.217. The Morgan fingerprint density at radius 1 is 1.03 bits per heavy atom. The quantitative estimate of drug-likeness (QED) is 0.636. The maximum absolute atomic E-state index is 12.9. The Bertz CT molecular complexity index is 1150. The van der Waals surface area contributed by atoms with Crippen molar-refractivity contribution in [3.63, 3.8) is 0 Å². The first-order valence-corrected chi connectivity index (χ1v) is 9.72. The van der Waals surface area contributed by atoms with Gasteiger partial charge in [0.05, 0.1) is 12.8 Å². The SMILES string of the molecule is COc1ccc(NC(=O)[C@H](C)n2nc(-c3ccc(C)cc3)cc(NC(C)=O)c2=O)cc1. The van der Waals surface area contributed by atoms with Crippen molar-refractivity contribution in [1.82, 2.24) is 9.78 Å². The fourth-order valence-electron chi connectivity index (χ4n) is 2.95. The second-order valence-electron chi connectivity index (χ2n) is 7.13. The van der Waals surface area contributed by atoms with E-state index in [0.29, 0.717) is 17.1 Å². The molecule has 160 valence electrons. The van der Waals surface area contributed by atoms with E-state index in [0.717, 1.165) is 15.8 Å². The molecule has 0 unspecified atom stereocenters. The van der Waals surface area contributed by atoms with Crippen LogP contribution in [-0.4, -0.2) is 28.7 Å². The molecule has 0 spiro atoms. The highest BCUT2D eigenvalue weighted by Crippen LogP contribution is 2.21. The summed E-state index contributed by atoms with van der Waals surface area (Å²) in [5, 5.41) is 9.70. The number of aromatic nitrogens is 2. The molecule has 8 nitrogen and oxygen atoms in total. The average molecular weight is 420 g/mol. The van der Waals surface area contributed by atoms with Crippen LogP contribution in [0.4, 0.5) is 11.4 Å². The van der Waals surface area contributed by atoms with Crippen molar-refractivity contribution in [2.45, 2.75) is 26.8 Å². The molecule has 3 aromatic rings. The van der Waals surface area contributed by atoms with Gasteiger partial charge in [-0.2, -0.15) is 5.10 Å². The predicted molar refractivity (Wildman–Crippen MR) is 119 cm³/mol. The monoisotopic (exact) mass is 420 g/mol. The lowest BCUT2D eigenvalue weighted by atomic mass is 10.1. The number of ether oxygens (including phenoxy) is 1. The summed E-state index contributed by atoms with van der Waals surface area (Å²) in [6, 6.07) is 15.0. The largest absolute Gasteiger partial charge is 0.497 e. The molecule has 31 heavy (non-hydrogen) atoms.